The first-order valence-corrected chi connectivity index (χ1v) is 5.95. The van der Waals surface area contributed by atoms with Crippen LogP contribution in [0.15, 0.2) is 12.1 Å². The van der Waals surface area contributed by atoms with E-state index < -0.39 is 0 Å². The summed E-state index contributed by atoms with van der Waals surface area (Å²) >= 11 is 0. The third-order valence-electron chi connectivity index (χ3n) is 2.81. The molecule has 0 fully saturated rings. The van der Waals surface area contributed by atoms with Crippen LogP contribution in [0.3, 0.4) is 0 Å². The first-order valence-electron chi connectivity index (χ1n) is 5.95. The van der Waals surface area contributed by atoms with Gasteiger partial charge in [0.1, 0.15) is 12.4 Å². The number of rotatable bonds is 6. The van der Waals surface area contributed by atoms with Crippen molar-refractivity contribution in [1.82, 2.24) is 5.32 Å². The van der Waals surface area contributed by atoms with E-state index in [0.29, 0.717) is 13.2 Å². The summed E-state index contributed by atoms with van der Waals surface area (Å²) in [4.78, 5) is 0. The minimum atomic E-state index is 0.222. The van der Waals surface area contributed by atoms with Crippen LogP contribution in [0.25, 0.3) is 0 Å². The summed E-state index contributed by atoms with van der Waals surface area (Å²) in [7, 11) is 3.62. The van der Waals surface area contributed by atoms with Gasteiger partial charge in [-0.1, -0.05) is 17.7 Å². The van der Waals surface area contributed by atoms with Gasteiger partial charge in [0, 0.05) is 7.11 Å². The van der Waals surface area contributed by atoms with Crippen LogP contribution in [0.4, 0.5) is 0 Å². The predicted molar refractivity (Wildman–Crippen MR) is 70.9 cm³/mol. The fourth-order valence-electron chi connectivity index (χ4n) is 1.99. The zero-order valence-corrected chi connectivity index (χ0v) is 11.5. The molecule has 96 valence electrons. The van der Waals surface area contributed by atoms with Gasteiger partial charge in [0.25, 0.3) is 0 Å². The van der Waals surface area contributed by atoms with Crippen LogP contribution in [-0.4, -0.2) is 33.4 Å². The summed E-state index contributed by atoms with van der Waals surface area (Å²) in [5, 5.41) is 3.17. The minimum Gasteiger partial charge on any atom is -0.491 e. The Bertz CT molecular complexity index is 340. The molecule has 0 aliphatic heterocycles. The summed E-state index contributed by atoms with van der Waals surface area (Å²) in [6, 6.07) is 4.51. The molecule has 0 bridgehead atoms. The average Bonchev–Trinajstić information content (AvgIpc) is 2.26. The van der Waals surface area contributed by atoms with Gasteiger partial charge in [-0.25, -0.2) is 0 Å². The van der Waals surface area contributed by atoms with E-state index in [1.165, 1.54) is 16.7 Å². The van der Waals surface area contributed by atoms with Crippen molar-refractivity contribution in [2.75, 3.05) is 27.4 Å². The molecule has 0 saturated heterocycles. The van der Waals surface area contributed by atoms with Crippen molar-refractivity contribution >= 4 is 0 Å². The Kier molecular flexibility index (Phi) is 5.45. The summed E-state index contributed by atoms with van der Waals surface area (Å²) in [5.41, 5.74) is 3.65. The quantitative estimate of drug-likeness (QED) is 0.823. The van der Waals surface area contributed by atoms with Gasteiger partial charge in [0.05, 0.1) is 12.6 Å². The largest absolute Gasteiger partial charge is 0.491 e. The number of ether oxygens (including phenoxy) is 2. The molecule has 0 aliphatic rings. The molecule has 0 aromatic heterocycles. The lowest BCUT2D eigenvalue weighted by Gasteiger charge is -2.18. The van der Waals surface area contributed by atoms with E-state index in [0.717, 1.165) is 5.75 Å². The highest BCUT2D eigenvalue weighted by molar-refractivity contribution is 5.42. The van der Waals surface area contributed by atoms with E-state index in [9.17, 15) is 0 Å². The van der Waals surface area contributed by atoms with Crippen LogP contribution < -0.4 is 10.1 Å². The maximum atomic E-state index is 5.89. The van der Waals surface area contributed by atoms with Gasteiger partial charge >= 0.3 is 0 Å². The SMILES string of the molecule is CNC(COC)COc1c(C)cc(C)cc1C. The molecule has 0 heterocycles. The lowest BCUT2D eigenvalue weighted by molar-refractivity contribution is 0.139. The molecule has 0 spiro atoms. The van der Waals surface area contributed by atoms with Crippen molar-refractivity contribution in [2.24, 2.45) is 0 Å². The molecule has 1 atom stereocenters. The fraction of sp³-hybridized carbons (Fsp3) is 0.571. The van der Waals surface area contributed by atoms with E-state index in [-0.39, 0.29) is 6.04 Å². The second kappa shape index (κ2) is 6.62. The Morgan fingerprint density at radius 3 is 2.18 bits per heavy atom. The van der Waals surface area contributed by atoms with Gasteiger partial charge < -0.3 is 14.8 Å². The number of hydrogen-bond acceptors (Lipinski definition) is 3. The molecular weight excluding hydrogens is 214 g/mol. The second-order valence-corrected chi connectivity index (χ2v) is 4.48. The Morgan fingerprint density at radius 1 is 1.12 bits per heavy atom. The third kappa shape index (κ3) is 4.02. The Morgan fingerprint density at radius 2 is 1.71 bits per heavy atom. The van der Waals surface area contributed by atoms with Crippen molar-refractivity contribution in [2.45, 2.75) is 26.8 Å². The normalized spacial score (nSPS) is 12.5. The topological polar surface area (TPSA) is 30.5 Å². The maximum Gasteiger partial charge on any atom is 0.125 e. The zero-order valence-electron chi connectivity index (χ0n) is 11.5. The monoisotopic (exact) mass is 237 g/mol. The number of hydrogen-bond donors (Lipinski definition) is 1. The number of aryl methyl sites for hydroxylation is 3. The van der Waals surface area contributed by atoms with Crippen LogP contribution in [0.1, 0.15) is 16.7 Å². The summed E-state index contributed by atoms with van der Waals surface area (Å²) < 4.78 is 11.0. The van der Waals surface area contributed by atoms with E-state index in [1.54, 1.807) is 7.11 Å². The van der Waals surface area contributed by atoms with Crippen molar-refractivity contribution in [3.63, 3.8) is 0 Å². The highest BCUT2D eigenvalue weighted by Gasteiger charge is 2.09. The van der Waals surface area contributed by atoms with Gasteiger partial charge in [-0.3, -0.25) is 0 Å². The summed E-state index contributed by atoms with van der Waals surface area (Å²) in [6.07, 6.45) is 0. The van der Waals surface area contributed by atoms with Crippen molar-refractivity contribution in [3.05, 3.63) is 28.8 Å². The molecule has 0 saturated carbocycles. The molecule has 1 unspecified atom stereocenters. The standard InChI is InChI=1S/C14H23NO2/c1-10-6-11(2)14(12(3)7-10)17-9-13(15-4)8-16-5/h6-7,13,15H,8-9H2,1-5H3. The smallest absolute Gasteiger partial charge is 0.125 e. The number of nitrogens with one attached hydrogen (secondary N) is 1. The van der Waals surface area contributed by atoms with E-state index in [4.69, 9.17) is 9.47 Å². The van der Waals surface area contributed by atoms with Crippen molar-refractivity contribution in [1.29, 1.82) is 0 Å². The second-order valence-electron chi connectivity index (χ2n) is 4.48. The molecule has 1 N–H and O–H groups in total. The maximum absolute atomic E-state index is 5.89. The first kappa shape index (κ1) is 14.0. The van der Waals surface area contributed by atoms with Gasteiger partial charge in [0.2, 0.25) is 0 Å². The third-order valence-corrected chi connectivity index (χ3v) is 2.81. The molecular formula is C14H23NO2. The van der Waals surface area contributed by atoms with Crippen molar-refractivity contribution in [3.8, 4) is 5.75 Å². The molecule has 0 radical (unpaired) electrons. The molecule has 1 aromatic carbocycles. The molecule has 1 rings (SSSR count). The molecule has 0 amide bonds. The van der Waals surface area contributed by atoms with Crippen LogP contribution >= 0.6 is 0 Å². The van der Waals surface area contributed by atoms with E-state index >= 15 is 0 Å². The Balaban J connectivity index is 2.68. The Hall–Kier alpha value is -1.06. The minimum absolute atomic E-state index is 0.222. The highest BCUT2D eigenvalue weighted by Crippen LogP contribution is 2.24. The van der Waals surface area contributed by atoms with Crippen molar-refractivity contribution < 1.29 is 9.47 Å². The van der Waals surface area contributed by atoms with Crippen LogP contribution in [0, 0.1) is 20.8 Å². The Labute approximate surface area is 104 Å². The predicted octanol–water partition coefficient (Wildman–Crippen LogP) is 2.23. The highest BCUT2D eigenvalue weighted by atomic mass is 16.5. The molecule has 3 nitrogen and oxygen atoms in total. The number of likely N-dealkylation sites (N-methyl/N-ethyl adjacent to an activating group) is 1. The molecule has 1 aromatic rings. The lowest BCUT2D eigenvalue weighted by atomic mass is 10.1. The van der Waals surface area contributed by atoms with Gasteiger partial charge in [-0.05, 0) is 38.9 Å². The number of benzene rings is 1. The van der Waals surface area contributed by atoms with E-state index in [1.807, 2.05) is 7.05 Å². The van der Waals surface area contributed by atoms with Gasteiger partial charge in [0.15, 0.2) is 0 Å². The fourth-order valence-corrected chi connectivity index (χ4v) is 1.99. The van der Waals surface area contributed by atoms with Crippen LogP contribution in [-0.2, 0) is 4.74 Å². The zero-order chi connectivity index (χ0) is 12.8. The first-order chi connectivity index (χ1) is 8.08. The van der Waals surface area contributed by atoms with E-state index in [2.05, 4.69) is 38.2 Å². The number of methoxy groups -OCH3 is 1. The average molecular weight is 237 g/mol. The van der Waals surface area contributed by atoms with Crippen LogP contribution in [0.2, 0.25) is 0 Å². The van der Waals surface area contributed by atoms with Gasteiger partial charge in [-0.2, -0.15) is 0 Å². The molecule has 17 heavy (non-hydrogen) atoms. The molecule has 0 aliphatic carbocycles. The van der Waals surface area contributed by atoms with Crippen LogP contribution in [0.5, 0.6) is 5.75 Å². The molecule has 3 heteroatoms. The summed E-state index contributed by atoms with van der Waals surface area (Å²) in [6.45, 7) is 7.54. The lowest BCUT2D eigenvalue weighted by Crippen LogP contribution is -2.35. The van der Waals surface area contributed by atoms with Gasteiger partial charge in [-0.15, -0.1) is 0 Å². The summed E-state index contributed by atoms with van der Waals surface area (Å²) in [5.74, 6) is 0.993.